The van der Waals surface area contributed by atoms with Gasteiger partial charge in [-0.05, 0) is 24.6 Å². The first-order valence-corrected chi connectivity index (χ1v) is 10.3. The molecule has 1 aliphatic rings. The van der Waals surface area contributed by atoms with Crippen LogP contribution in [-0.4, -0.2) is 33.0 Å². The van der Waals surface area contributed by atoms with E-state index in [1.54, 1.807) is 12.1 Å². The van der Waals surface area contributed by atoms with Crippen molar-refractivity contribution in [1.82, 2.24) is 15.2 Å². The molecule has 1 aliphatic heterocycles. The quantitative estimate of drug-likeness (QED) is 0.347. The van der Waals surface area contributed by atoms with Crippen LogP contribution in [0.3, 0.4) is 0 Å². The molecule has 4 rings (SSSR count). The van der Waals surface area contributed by atoms with Gasteiger partial charge in [-0.15, -0.1) is 10.2 Å². The number of aromatic nitrogens is 3. The molecule has 0 amide bonds. The lowest BCUT2D eigenvalue weighted by Crippen LogP contribution is -2.17. The van der Waals surface area contributed by atoms with Gasteiger partial charge in [0.05, 0.1) is 12.0 Å². The summed E-state index contributed by atoms with van der Waals surface area (Å²) >= 11 is 1.50. The van der Waals surface area contributed by atoms with Crippen LogP contribution >= 0.6 is 11.8 Å². The van der Waals surface area contributed by atoms with Crippen molar-refractivity contribution in [1.29, 1.82) is 0 Å². The van der Waals surface area contributed by atoms with Crippen LogP contribution in [-0.2, 0) is 0 Å². The number of hydrogen-bond donors (Lipinski definition) is 1. The Labute approximate surface area is 177 Å². The summed E-state index contributed by atoms with van der Waals surface area (Å²) in [6, 6.07) is 12.3. The number of hydrogen-bond acceptors (Lipinski definition) is 9. The molecule has 0 saturated carbocycles. The van der Waals surface area contributed by atoms with Crippen molar-refractivity contribution in [3.63, 3.8) is 0 Å². The summed E-state index contributed by atoms with van der Waals surface area (Å²) < 4.78 is 11.3. The van der Waals surface area contributed by atoms with Crippen molar-refractivity contribution < 1.29 is 14.4 Å². The Hall–Kier alpha value is -3.40. The minimum Gasteiger partial charge on any atom is -0.490 e. The molecule has 0 radical (unpaired) electrons. The van der Waals surface area contributed by atoms with Crippen molar-refractivity contribution in [2.45, 2.75) is 24.7 Å². The largest absolute Gasteiger partial charge is 0.490 e. The van der Waals surface area contributed by atoms with E-state index in [1.165, 1.54) is 24.9 Å². The first-order valence-electron chi connectivity index (χ1n) is 9.33. The van der Waals surface area contributed by atoms with Crippen molar-refractivity contribution in [3.8, 4) is 22.9 Å². The molecule has 1 aromatic heterocycles. The number of nitro groups is 1. The molecule has 30 heavy (non-hydrogen) atoms. The first kappa shape index (κ1) is 19.9. The lowest BCUT2D eigenvalue weighted by atomic mass is 10.1. The normalized spacial score (nSPS) is 14.5. The fraction of sp³-hybridized carbons (Fsp3) is 0.250. The van der Waals surface area contributed by atoms with Gasteiger partial charge in [-0.1, -0.05) is 36.9 Å². The number of fused-ring (bicyclic) bond motifs is 3. The summed E-state index contributed by atoms with van der Waals surface area (Å²) in [5.41, 5.74) is 2.50. The number of methoxy groups -OCH3 is 1. The van der Waals surface area contributed by atoms with Gasteiger partial charge in [0, 0.05) is 28.6 Å². The lowest BCUT2D eigenvalue weighted by Gasteiger charge is -2.19. The number of nitrogens with zero attached hydrogens (tertiary/aromatic N) is 4. The molecule has 0 unspecified atom stereocenters. The van der Waals surface area contributed by atoms with Crippen molar-refractivity contribution >= 4 is 23.1 Å². The maximum Gasteiger partial charge on any atom is 0.311 e. The van der Waals surface area contributed by atoms with Crippen LogP contribution in [0, 0.1) is 10.1 Å². The average molecular weight is 425 g/mol. The van der Waals surface area contributed by atoms with E-state index in [0.717, 1.165) is 23.4 Å². The molecule has 0 aliphatic carbocycles. The Morgan fingerprint density at radius 2 is 2.10 bits per heavy atom. The van der Waals surface area contributed by atoms with Crippen molar-refractivity contribution in [2.75, 3.05) is 18.2 Å². The number of ether oxygens (including phenoxy) is 2. The molecule has 9 nitrogen and oxygen atoms in total. The summed E-state index contributed by atoms with van der Waals surface area (Å²) in [7, 11) is 1.40. The van der Waals surface area contributed by atoms with Crippen LogP contribution in [0.15, 0.2) is 47.6 Å². The fourth-order valence-corrected chi connectivity index (χ4v) is 3.70. The number of rotatable bonds is 6. The Kier molecular flexibility index (Phi) is 5.66. The van der Waals surface area contributed by atoms with Gasteiger partial charge in [0.1, 0.15) is 0 Å². The monoisotopic (exact) mass is 425 g/mol. The van der Waals surface area contributed by atoms with Gasteiger partial charge in [-0.2, -0.15) is 4.98 Å². The second kappa shape index (κ2) is 8.54. The van der Waals surface area contributed by atoms with Gasteiger partial charge in [0.25, 0.3) is 0 Å². The smallest absolute Gasteiger partial charge is 0.311 e. The summed E-state index contributed by atoms with van der Waals surface area (Å²) in [6.45, 7) is 2.08. The van der Waals surface area contributed by atoms with Gasteiger partial charge >= 0.3 is 5.69 Å². The lowest BCUT2D eigenvalue weighted by molar-refractivity contribution is -0.385. The van der Waals surface area contributed by atoms with E-state index in [-0.39, 0.29) is 11.4 Å². The predicted molar refractivity (Wildman–Crippen MR) is 113 cm³/mol. The van der Waals surface area contributed by atoms with Crippen LogP contribution in [0.2, 0.25) is 0 Å². The van der Waals surface area contributed by atoms with Gasteiger partial charge in [-0.25, -0.2) is 0 Å². The summed E-state index contributed by atoms with van der Waals surface area (Å²) in [5, 5.41) is 23.8. The molecule has 154 valence electrons. The molecule has 1 N–H and O–H groups in total. The average Bonchev–Trinajstić information content (AvgIpc) is 2.93. The Bertz CT molecular complexity index is 1090. The van der Waals surface area contributed by atoms with E-state index >= 15 is 0 Å². The number of anilines is 1. The Balaban J connectivity index is 1.79. The predicted octanol–water partition coefficient (Wildman–Crippen LogP) is 4.46. The minimum absolute atomic E-state index is 0.141. The third-order valence-electron chi connectivity index (χ3n) is 4.47. The van der Waals surface area contributed by atoms with E-state index in [0.29, 0.717) is 22.3 Å². The topological polar surface area (TPSA) is 112 Å². The molecule has 1 atom stereocenters. The maximum atomic E-state index is 11.5. The molecule has 0 bridgehead atoms. The van der Waals surface area contributed by atoms with Crippen LogP contribution in [0.1, 0.15) is 25.1 Å². The number of thioether (sulfide) groups is 1. The highest BCUT2D eigenvalue weighted by atomic mass is 32.2. The van der Waals surface area contributed by atoms with E-state index in [4.69, 9.17) is 9.47 Å². The van der Waals surface area contributed by atoms with Crippen LogP contribution < -0.4 is 14.8 Å². The Morgan fingerprint density at radius 1 is 1.27 bits per heavy atom. The maximum absolute atomic E-state index is 11.5. The molecule has 0 spiro atoms. The van der Waals surface area contributed by atoms with Gasteiger partial charge in [-0.3, -0.25) is 10.1 Å². The van der Waals surface area contributed by atoms with Crippen LogP contribution in [0.25, 0.3) is 11.3 Å². The standard InChI is InChI=1S/C20H19N5O4S/c1-3-10-30-20-22-19-17(23-24-20)13-6-4-5-7-14(13)21-18(29-19)12-8-9-16(28-2)15(11-12)25(26)27/h4-9,11,18,21H,3,10H2,1-2H3/t18-/m1/s1. The number of nitro benzene ring substituents is 1. The van der Waals surface area contributed by atoms with E-state index in [2.05, 4.69) is 27.4 Å². The zero-order valence-electron chi connectivity index (χ0n) is 16.4. The fourth-order valence-electron chi connectivity index (χ4n) is 3.07. The zero-order chi connectivity index (χ0) is 21.1. The summed E-state index contributed by atoms with van der Waals surface area (Å²) in [6.07, 6.45) is 0.270. The van der Waals surface area contributed by atoms with E-state index in [9.17, 15) is 10.1 Å². The van der Waals surface area contributed by atoms with Crippen molar-refractivity contribution in [2.24, 2.45) is 0 Å². The van der Waals surface area contributed by atoms with E-state index < -0.39 is 11.2 Å². The minimum atomic E-state index is -0.710. The molecular formula is C20H19N5O4S. The molecule has 2 heterocycles. The second-order valence-electron chi connectivity index (χ2n) is 6.47. The van der Waals surface area contributed by atoms with Gasteiger partial charge < -0.3 is 14.8 Å². The number of para-hydroxylation sites is 1. The summed E-state index contributed by atoms with van der Waals surface area (Å²) in [4.78, 5) is 15.5. The highest BCUT2D eigenvalue weighted by molar-refractivity contribution is 7.99. The second-order valence-corrected chi connectivity index (χ2v) is 7.53. The number of benzene rings is 2. The third kappa shape index (κ3) is 3.86. The number of nitrogens with one attached hydrogen (secondary N) is 1. The molecular weight excluding hydrogens is 406 g/mol. The molecule has 0 saturated heterocycles. The molecule has 2 aromatic carbocycles. The summed E-state index contributed by atoms with van der Waals surface area (Å²) in [5.74, 6) is 1.37. The van der Waals surface area contributed by atoms with Gasteiger partial charge in [0.15, 0.2) is 17.7 Å². The molecule has 0 fully saturated rings. The van der Waals surface area contributed by atoms with Crippen LogP contribution in [0.4, 0.5) is 11.4 Å². The van der Waals surface area contributed by atoms with E-state index in [1.807, 2.05) is 24.3 Å². The molecule has 10 heteroatoms. The highest BCUT2D eigenvalue weighted by Crippen LogP contribution is 2.40. The molecule has 3 aromatic rings. The van der Waals surface area contributed by atoms with Gasteiger partial charge in [0.2, 0.25) is 11.0 Å². The Morgan fingerprint density at radius 3 is 2.87 bits per heavy atom. The SMILES string of the molecule is CCCSc1nnc2c(n1)O[C@H](c1ccc(OC)c([N+](=O)[O-])c1)Nc1ccccc1-2. The highest BCUT2D eigenvalue weighted by Gasteiger charge is 2.28. The third-order valence-corrected chi connectivity index (χ3v) is 5.51. The van der Waals surface area contributed by atoms with Crippen molar-refractivity contribution in [3.05, 3.63) is 58.1 Å². The van der Waals surface area contributed by atoms with Crippen LogP contribution in [0.5, 0.6) is 11.6 Å². The zero-order valence-corrected chi connectivity index (χ0v) is 17.2. The first-order chi connectivity index (χ1) is 14.6.